The monoisotopic (exact) mass is 336 g/mol. The minimum atomic E-state index is -2.84. The van der Waals surface area contributed by atoms with E-state index in [1.165, 1.54) is 5.56 Å². The van der Waals surface area contributed by atoms with Crippen LogP contribution < -0.4 is 0 Å². The Balaban J connectivity index is 1.44. The van der Waals surface area contributed by atoms with Gasteiger partial charge in [-0.15, -0.1) is 0 Å². The van der Waals surface area contributed by atoms with Crippen molar-refractivity contribution in [2.24, 2.45) is 0 Å². The van der Waals surface area contributed by atoms with E-state index in [2.05, 4.69) is 4.90 Å². The van der Waals surface area contributed by atoms with Crippen LogP contribution in [0, 0.1) is 0 Å². The molecule has 0 N–H and O–H groups in total. The predicted octanol–water partition coefficient (Wildman–Crippen LogP) is 0.951. The minimum Gasteiger partial charge on any atom is -0.340 e. The van der Waals surface area contributed by atoms with Gasteiger partial charge in [-0.1, -0.05) is 30.3 Å². The molecule has 0 aliphatic carbocycles. The summed E-state index contributed by atoms with van der Waals surface area (Å²) in [4.78, 5) is 16.5. The Kier molecular flexibility index (Phi) is 5.02. The fourth-order valence-electron chi connectivity index (χ4n) is 3.45. The quantitative estimate of drug-likeness (QED) is 0.821. The molecule has 5 nitrogen and oxygen atoms in total. The standard InChI is InChI=1S/C17H24N2O3S/c20-17(7-6-15-4-2-1-3-5-15)19-11-9-18(10-12-19)16-8-13-23(21,22)14-16/h1-5,16H,6-14H2. The summed E-state index contributed by atoms with van der Waals surface area (Å²) in [5.41, 5.74) is 1.19. The summed E-state index contributed by atoms with van der Waals surface area (Å²) in [6, 6.07) is 10.2. The molecule has 2 heterocycles. The SMILES string of the molecule is O=C(CCc1ccccc1)N1CCN(C2CCS(=O)(=O)C2)CC1. The van der Waals surface area contributed by atoms with Crippen LogP contribution in [0.3, 0.4) is 0 Å². The van der Waals surface area contributed by atoms with Gasteiger partial charge in [-0.05, 0) is 18.4 Å². The number of hydrogen-bond acceptors (Lipinski definition) is 4. The molecule has 3 rings (SSSR count). The predicted molar refractivity (Wildman–Crippen MR) is 90.0 cm³/mol. The van der Waals surface area contributed by atoms with Gasteiger partial charge < -0.3 is 4.90 Å². The number of carbonyl (C=O) groups is 1. The van der Waals surface area contributed by atoms with Gasteiger partial charge in [0.25, 0.3) is 0 Å². The lowest BCUT2D eigenvalue weighted by molar-refractivity contribution is -0.133. The van der Waals surface area contributed by atoms with Crippen LogP contribution in [0.4, 0.5) is 0 Å². The van der Waals surface area contributed by atoms with E-state index in [-0.39, 0.29) is 17.7 Å². The van der Waals surface area contributed by atoms with Gasteiger partial charge >= 0.3 is 0 Å². The Bertz CT molecular complexity index is 637. The highest BCUT2D eigenvalue weighted by molar-refractivity contribution is 7.91. The Morgan fingerprint density at radius 2 is 1.78 bits per heavy atom. The molecule has 2 fully saturated rings. The third-order valence-corrected chi connectivity index (χ3v) is 6.61. The van der Waals surface area contributed by atoms with Crippen LogP contribution in [0.25, 0.3) is 0 Å². The topological polar surface area (TPSA) is 57.7 Å². The number of benzene rings is 1. The van der Waals surface area contributed by atoms with Gasteiger partial charge in [-0.25, -0.2) is 8.42 Å². The Hall–Kier alpha value is -1.40. The average Bonchev–Trinajstić information content (AvgIpc) is 2.94. The lowest BCUT2D eigenvalue weighted by Crippen LogP contribution is -2.52. The summed E-state index contributed by atoms with van der Waals surface area (Å²) in [6.07, 6.45) is 2.06. The highest BCUT2D eigenvalue weighted by Crippen LogP contribution is 2.19. The maximum atomic E-state index is 12.3. The van der Waals surface area contributed by atoms with E-state index in [9.17, 15) is 13.2 Å². The van der Waals surface area contributed by atoms with E-state index >= 15 is 0 Å². The highest BCUT2D eigenvalue weighted by atomic mass is 32.2. The maximum Gasteiger partial charge on any atom is 0.222 e. The van der Waals surface area contributed by atoms with Gasteiger partial charge in [0.2, 0.25) is 5.91 Å². The number of carbonyl (C=O) groups excluding carboxylic acids is 1. The van der Waals surface area contributed by atoms with E-state index in [1.807, 2.05) is 35.2 Å². The molecule has 1 aromatic rings. The van der Waals surface area contributed by atoms with Crippen LogP contribution in [0.2, 0.25) is 0 Å². The summed E-state index contributed by atoms with van der Waals surface area (Å²) in [6.45, 7) is 3.00. The Labute approximate surface area is 138 Å². The van der Waals surface area contributed by atoms with Crippen molar-refractivity contribution in [3.05, 3.63) is 35.9 Å². The smallest absolute Gasteiger partial charge is 0.222 e. The van der Waals surface area contributed by atoms with Crippen LogP contribution in [0.5, 0.6) is 0 Å². The van der Waals surface area contributed by atoms with Crippen LogP contribution in [-0.4, -0.2) is 67.9 Å². The van der Waals surface area contributed by atoms with Crippen molar-refractivity contribution in [2.45, 2.75) is 25.3 Å². The molecule has 2 aliphatic heterocycles. The van der Waals surface area contributed by atoms with E-state index in [4.69, 9.17) is 0 Å². The molecular weight excluding hydrogens is 312 g/mol. The second-order valence-electron chi connectivity index (χ2n) is 6.46. The minimum absolute atomic E-state index is 0.154. The normalized spacial score (nSPS) is 24.7. The fraction of sp³-hybridized carbons (Fsp3) is 0.588. The Morgan fingerprint density at radius 3 is 2.39 bits per heavy atom. The summed E-state index contributed by atoms with van der Waals surface area (Å²) < 4.78 is 23.2. The van der Waals surface area contributed by atoms with Gasteiger partial charge in [0, 0.05) is 38.6 Å². The molecule has 2 aliphatic rings. The van der Waals surface area contributed by atoms with Crippen molar-refractivity contribution in [1.29, 1.82) is 0 Å². The molecule has 23 heavy (non-hydrogen) atoms. The van der Waals surface area contributed by atoms with Crippen LogP contribution in [0.1, 0.15) is 18.4 Å². The summed E-state index contributed by atoms with van der Waals surface area (Å²) in [5, 5.41) is 0. The first kappa shape index (κ1) is 16.5. The summed E-state index contributed by atoms with van der Waals surface area (Å²) >= 11 is 0. The van der Waals surface area contributed by atoms with Crippen LogP contribution in [0.15, 0.2) is 30.3 Å². The van der Waals surface area contributed by atoms with Gasteiger partial charge in [-0.2, -0.15) is 0 Å². The van der Waals surface area contributed by atoms with Crippen molar-refractivity contribution in [1.82, 2.24) is 9.80 Å². The average molecular weight is 336 g/mol. The fourth-order valence-corrected chi connectivity index (χ4v) is 5.22. The van der Waals surface area contributed by atoms with Crippen molar-refractivity contribution in [3.8, 4) is 0 Å². The molecule has 0 bridgehead atoms. The van der Waals surface area contributed by atoms with Crippen LogP contribution >= 0.6 is 0 Å². The summed E-state index contributed by atoms with van der Waals surface area (Å²) in [7, 11) is -2.84. The lowest BCUT2D eigenvalue weighted by atomic mass is 10.1. The van der Waals surface area contributed by atoms with Crippen molar-refractivity contribution >= 4 is 15.7 Å². The van der Waals surface area contributed by atoms with E-state index in [1.54, 1.807) is 0 Å². The second kappa shape index (κ2) is 7.01. The molecule has 1 amide bonds. The molecule has 1 atom stereocenters. The molecule has 0 aromatic heterocycles. The highest BCUT2D eigenvalue weighted by Gasteiger charge is 2.34. The lowest BCUT2D eigenvalue weighted by Gasteiger charge is -2.37. The zero-order valence-electron chi connectivity index (χ0n) is 13.4. The van der Waals surface area contributed by atoms with E-state index < -0.39 is 9.84 Å². The molecule has 1 aromatic carbocycles. The molecule has 0 radical (unpaired) electrons. The number of hydrogen-bond donors (Lipinski definition) is 0. The number of aryl methyl sites for hydroxylation is 1. The molecule has 126 valence electrons. The van der Waals surface area contributed by atoms with Gasteiger partial charge in [0.1, 0.15) is 0 Å². The number of sulfone groups is 1. The maximum absolute atomic E-state index is 12.3. The third-order valence-electron chi connectivity index (χ3n) is 4.86. The van der Waals surface area contributed by atoms with Crippen molar-refractivity contribution < 1.29 is 13.2 Å². The largest absolute Gasteiger partial charge is 0.340 e. The van der Waals surface area contributed by atoms with Gasteiger partial charge in [0.05, 0.1) is 11.5 Å². The van der Waals surface area contributed by atoms with E-state index in [0.29, 0.717) is 25.3 Å². The first-order chi connectivity index (χ1) is 11.0. The zero-order valence-corrected chi connectivity index (χ0v) is 14.2. The molecule has 2 saturated heterocycles. The number of amides is 1. The number of nitrogens with zero attached hydrogens (tertiary/aromatic N) is 2. The molecule has 0 spiro atoms. The number of rotatable bonds is 4. The Morgan fingerprint density at radius 1 is 1.09 bits per heavy atom. The van der Waals surface area contributed by atoms with Gasteiger partial charge in [-0.3, -0.25) is 9.69 Å². The van der Waals surface area contributed by atoms with Gasteiger partial charge in [0.15, 0.2) is 9.84 Å². The molecule has 0 saturated carbocycles. The van der Waals surface area contributed by atoms with Crippen molar-refractivity contribution in [3.63, 3.8) is 0 Å². The third kappa shape index (κ3) is 4.32. The van der Waals surface area contributed by atoms with E-state index in [0.717, 1.165) is 25.9 Å². The molecule has 6 heteroatoms. The van der Waals surface area contributed by atoms with Crippen molar-refractivity contribution in [2.75, 3.05) is 37.7 Å². The molecule has 1 unspecified atom stereocenters. The second-order valence-corrected chi connectivity index (χ2v) is 8.69. The number of piperazine rings is 1. The van der Waals surface area contributed by atoms with Crippen LogP contribution in [-0.2, 0) is 21.1 Å². The summed E-state index contributed by atoms with van der Waals surface area (Å²) in [5.74, 6) is 0.801. The first-order valence-electron chi connectivity index (χ1n) is 8.30. The molecular formula is C17H24N2O3S. The zero-order chi connectivity index (χ0) is 16.3. The first-order valence-corrected chi connectivity index (χ1v) is 10.1.